The van der Waals surface area contributed by atoms with E-state index >= 15 is 0 Å². The predicted octanol–water partition coefficient (Wildman–Crippen LogP) is 2.71. The van der Waals surface area contributed by atoms with Crippen LogP contribution in [0.5, 0.6) is 5.75 Å². The van der Waals surface area contributed by atoms with Gasteiger partial charge in [-0.1, -0.05) is 13.0 Å². The van der Waals surface area contributed by atoms with Crippen molar-refractivity contribution in [2.45, 2.75) is 25.9 Å². The highest BCUT2D eigenvalue weighted by Crippen LogP contribution is 2.37. The van der Waals surface area contributed by atoms with Gasteiger partial charge in [-0.25, -0.2) is 4.39 Å². The van der Waals surface area contributed by atoms with Crippen LogP contribution in [0.25, 0.3) is 0 Å². The first-order valence-corrected chi connectivity index (χ1v) is 4.14. The third-order valence-corrected chi connectivity index (χ3v) is 2.48. The van der Waals surface area contributed by atoms with Gasteiger partial charge in [-0.3, -0.25) is 0 Å². The monoisotopic (exact) mass is 166 g/mol. The van der Waals surface area contributed by atoms with Gasteiger partial charge in [-0.15, -0.1) is 0 Å². The lowest BCUT2D eigenvalue weighted by Crippen LogP contribution is -2.10. The number of hydrogen-bond donors (Lipinski definition) is 0. The Bertz CT molecular complexity index is 309. The molecule has 0 saturated heterocycles. The minimum absolute atomic E-state index is 0.168. The van der Waals surface area contributed by atoms with Gasteiger partial charge in [0.2, 0.25) is 0 Å². The van der Waals surface area contributed by atoms with E-state index in [1.165, 1.54) is 12.1 Å². The first kappa shape index (κ1) is 7.59. The summed E-state index contributed by atoms with van der Waals surface area (Å²) < 4.78 is 18.2. The van der Waals surface area contributed by atoms with Crippen LogP contribution in [0.3, 0.4) is 0 Å². The molecule has 0 saturated carbocycles. The molecule has 0 amide bonds. The van der Waals surface area contributed by atoms with Crippen molar-refractivity contribution in [2.24, 2.45) is 0 Å². The van der Waals surface area contributed by atoms with E-state index in [4.69, 9.17) is 4.74 Å². The SMILES string of the molecule is CC1Oc2cc(F)ccc2C1C. The minimum atomic E-state index is -0.227. The van der Waals surface area contributed by atoms with E-state index in [2.05, 4.69) is 6.92 Å². The Balaban J connectivity index is 2.47. The molecule has 1 aliphatic rings. The highest BCUT2D eigenvalue weighted by atomic mass is 19.1. The van der Waals surface area contributed by atoms with Gasteiger partial charge in [0.15, 0.2) is 0 Å². The predicted molar refractivity (Wildman–Crippen MR) is 44.9 cm³/mol. The van der Waals surface area contributed by atoms with E-state index in [-0.39, 0.29) is 11.9 Å². The fourth-order valence-corrected chi connectivity index (χ4v) is 1.54. The molecule has 2 atom stereocenters. The summed E-state index contributed by atoms with van der Waals surface area (Å²) in [6.07, 6.45) is 0.168. The van der Waals surface area contributed by atoms with Gasteiger partial charge < -0.3 is 4.74 Å². The molecule has 0 fully saturated rings. The summed E-state index contributed by atoms with van der Waals surface area (Å²) in [7, 11) is 0. The van der Waals surface area contributed by atoms with Crippen LogP contribution < -0.4 is 4.74 Å². The highest BCUT2D eigenvalue weighted by molar-refractivity contribution is 5.40. The maximum Gasteiger partial charge on any atom is 0.126 e. The molecular weight excluding hydrogens is 155 g/mol. The number of rotatable bonds is 0. The van der Waals surface area contributed by atoms with Crippen LogP contribution in [-0.4, -0.2) is 6.10 Å². The third kappa shape index (κ3) is 0.986. The van der Waals surface area contributed by atoms with Crippen LogP contribution in [0.15, 0.2) is 18.2 Å². The Morgan fingerprint density at radius 2 is 2.08 bits per heavy atom. The molecule has 1 aromatic carbocycles. The molecule has 2 unspecified atom stereocenters. The zero-order chi connectivity index (χ0) is 8.72. The Morgan fingerprint density at radius 3 is 2.83 bits per heavy atom. The van der Waals surface area contributed by atoms with Gasteiger partial charge in [0.05, 0.1) is 0 Å². The molecule has 12 heavy (non-hydrogen) atoms. The van der Waals surface area contributed by atoms with Crippen LogP contribution in [0, 0.1) is 5.82 Å². The average Bonchev–Trinajstić information content (AvgIpc) is 2.28. The Morgan fingerprint density at radius 1 is 1.33 bits per heavy atom. The van der Waals surface area contributed by atoms with Gasteiger partial charge in [-0.05, 0) is 13.0 Å². The molecule has 1 nitrogen and oxygen atoms in total. The van der Waals surface area contributed by atoms with Gasteiger partial charge in [-0.2, -0.15) is 0 Å². The minimum Gasteiger partial charge on any atom is -0.490 e. The van der Waals surface area contributed by atoms with Gasteiger partial charge >= 0.3 is 0 Å². The van der Waals surface area contributed by atoms with Crippen LogP contribution in [0.1, 0.15) is 25.3 Å². The molecule has 64 valence electrons. The summed E-state index contributed by atoms with van der Waals surface area (Å²) in [6, 6.07) is 4.74. The molecule has 0 radical (unpaired) electrons. The fourth-order valence-electron chi connectivity index (χ4n) is 1.54. The lowest BCUT2D eigenvalue weighted by molar-refractivity contribution is 0.232. The summed E-state index contributed by atoms with van der Waals surface area (Å²) in [5.74, 6) is 0.852. The fraction of sp³-hybridized carbons (Fsp3) is 0.400. The molecule has 0 aromatic heterocycles. The molecule has 1 heterocycles. The zero-order valence-corrected chi connectivity index (χ0v) is 7.17. The molecule has 0 spiro atoms. The summed E-state index contributed by atoms with van der Waals surface area (Å²) in [5, 5.41) is 0. The van der Waals surface area contributed by atoms with Gasteiger partial charge in [0.25, 0.3) is 0 Å². The van der Waals surface area contributed by atoms with Crippen molar-refractivity contribution in [3.05, 3.63) is 29.6 Å². The van der Waals surface area contributed by atoms with Gasteiger partial charge in [0, 0.05) is 17.5 Å². The summed E-state index contributed by atoms with van der Waals surface area (Å²) in [4.78, 5) is 0. The summed E-state index contributed by atoms with van der Waals surface area (Å²) in [6.45, 7) is 4.09. The molecule has 1 aliphatic heterocycles. The van der Waals surface area contributed by atoms with E-state index in [0.29, 0.717) is 11.7 Å². The van der Waals surface area contributed by atoms with Crippen molar-refractivity contribution in [1.82, 2.24) is 0 Å². The van der Waals surface area contributed by atoms with Crippen LogP contribution in [-0.2, 0) is 0 Å². The summed E-state index contributed by atoms with van der Waals surface area (Å²) >= 11 is 0. The Hall–Kier alpha value is -1.05. The number of hydrogen-bond acceptors (Lipinski definition) is 1. The van der Waals surface area contributed by atoms with Crippen LogP contribution in [0.2, 0.25) is 0 Å². The Kier molecular flexibility index (Phi) is 1.56. The van der Waals surface area contributed by atoms with Crippen LogP contribution >= 0.6 is 0 Å². The van der Waals surface area contributed by atoms with Crippen LogP contribution in [0.4, 0.5) is 4.39 Å². The second kappa shape index (κ2) is 2.47. The number of ether oxygens (including phenoxy) is 1. The van der Waals surface area contributed by atoms with E-state index in [1.54, 1.807) is 6.07 Å². The van der Waals surface area contributed by atoms with Gasteiger partial charge in [0.1, 0.15) is 17.7 Å². The smallest absolute Gasteiger partial charge is 0.126 e. The van der Waals surface area contributed by atoms with Crippen molar-refractivity contribution in [3.8, 4) is 5.75 Å². The second-order valence-corrected chi connectivity index (χ2v) is 3.29. The van der Waals surface area contributed by atoms with E-state index in [9.17, 15) is 4.39 Å². The Labute approximate surface area is 71.2 Å². The second-order valence-electron chi connectivity index (χ2n) is 3.29. The molecule has 0 N–H and O–H groups in total. The third-order valence-electron chi connectivity index (χ3n) is 2.48. The molecule has 2 rings (SSSR count). The lowest BCUT2D eigenvalue weighted by atomic mass is 9.99. The van der Waals surface area contributed by atoms with Crippen molar-refractivity contribution >= 4 is 0 Å². The average molecular weight is 166 g/mol. The van der Waals surface area contributed by atoms with E-state index < -0.39 is 0 Å². The summed E-state index contributed by atoms with van der Waals surface area (Å²) in [5.41, 5.74) is 1.11. The number of fused-ring (bicyclic) bond motifs is 1. The zero-order valence-electron chi connectivity index (χ0n) is 7.17. The first-order chi connectivity index (χ1) is 5.68. The molecule has 0 bridgehead atoms. The maximum absolute atomic E-state index is 12.7. The lowest BCUT2D eigenvalue weighted by Gasteiger charge is -2.06. The standard InChI is InChI=1S/C10H11FO/c1-6-7(2)12-10-5-8(11)3-4-9(6)10/h3-7H,1-2H3. The molecule has 1 aromatic rings. The van der Waals surface area contributed by atoms with Crippen molar-refractivity contribution in [1.29, 1.82) is 0 Å². The van der Waals surface area contributed by atoms with E-state index in [0.717, 1.165) is 5.56 Å². The maximum atomic E-state index is 12.7. The quantitative estimate of drug-likeness (QED) is 0.575. The molecule has 2 heteroatoms. The number of halogens is 1. The first-order valence-electron chi connectivity index (χ1n) is 4.14. The van der Waals surface area contributed by atoms with Crippen molar-refractivity contribution < 1.29 is 9.13 Å². The largest absolute Gasteiger partial charge is 0.490 e. The molecular formula is C10H11FO. The number of benzene rings is 1. The molecule has 0 aliphatic carbocycles. The van der Waals surface area contributed by atoms with Crippen molar-refractivity contribution in [2.75, 3.05) is 0 Å². The topological polar surface area (TPSA) is 9.23 Å². The van der Waals surface area contributed by atoms with Crippen molar-refractivity contribution in [3.63, 3.8) is 0 Å². The van der Waals surface area contributed by atoms with E-state index in [1.807, 2.05) is 6.92 Å². The highest BCUT2D eigenvalue weighted by Gasteiger charge is 2.27. The normalized spacial score (nSPS) is 26.6.